The zero-order valence-corrected chi connectivity index (χ0v) is 10.5. The van der Waals surface area contributed by atoms with Crippen molar-refractivity contribution in [1.82, 2.24) is 9.55 Å². The van der Waals surface area contributed by atoms with Crippen molar-refractivity contribution in [3.05, 3.63) is 28.5 Å². The Bertz CT molecular complexity index is 589. The Kier molecular flexibility index (Phi) is 2.18. The molecule has 1 aliphatic rings. The van der Waals surface area contributed by atoms with Crippen LogP contribution in [-0.4, -0.2) is 9.55 Å². The number of nitrogens with one attached hydrogen (secondary N) is 1. The van der Waals surface area contributed by atoms with Crippen LogP contribution in [0.15, 0.2) is 18.2 Å². The minimum atomic E-state index is 0.530. The second-order valence-electron chi connectivity index (χ2n) is 4.85. The molecule has 0 saturated heterocycles. The average molecular weight is 232 g/mol. The molecule has 84 valence electrons. The van der Waals surface area contributed by atoms with Gasteiger partial charge in [0.25, 0.3) is 0 Å². The van der Waals surface area contributed by atoms with Crippen LogP contribution in [0.2, 0.25) is 0 Å². The van der Waals surface area contributed by atoms with Gasteiger partial charge in [-0.15, -0.1) is 0 Å². The van der Waals surface area contributed by atoms with E-state index in [2.05, 4.69) is 41.6 Å². The number of aromatic amines is 1. The molecule has 1 aromatic heterocycles. The predicted octanol–water partition coefficient (Wildman–Crippen LogP) is 3.98. The Morgan fingerprint density at radius 2 is 2.19 bits per heavy atom. The molecule has 1 fully saturated rings. The number of fused-ring (bicyclic) bond motifs is 1. The van der Waals surface area contributed by atoms with E-state index in [1.807, 2.05) is 0 Å². The lowest BCUT2D eigenvalue weighted by atomic mass is 10.1. The van der Waals surface area contributed by atoms with Crippen molar-refractivity contribution >= 4 is 23.3 Å². The number of benzene rings is 1. The maximum atomic E-state index is 5.44. The number of nitrogens with zero attached hydrogens (tertiary/aromatic N) is 1. The Morgan fingerprint density at radius 1 is 1.44 bits per heavy atom. The molecular formula is C13H16N2S. The zero-order chi connectivity index (χ0) is 11.3. The quantitative estimate of drug-likeness (QED) is 0.777. The molecule has 1 heterocycles. The van der Waals surface area contributed by atoms with E-state index in [-0.39, 0.29) is 0 Å². The van der Waals surface area contributed by atoms with Crippen LogP contribution in [0.25, 0.3) is 11.0 Å². The lowest BCUT2D eigenvalue weighted by molar-refractivity contribution is 0.492. The smallest absolute Gasteiger partial charge is 0.178 e. The maximum absolute atomic E-state index is 5.44. The summed E-state index contributed by atoms with van der Waals surface area (Å²) in [6.07, 6.45) is 2.70. The van der Waals surface area contributed by atoms with Crippen molar-refractivity contribution < 1.29 is 0 Å². The first-order valence-corrected chi connectivity index (χ1v) is 6.29. The van der Waals surface area contributed by atoms with E-state index in [1.54, 1.807) is 0 Å². The molecule has 16 heavy (non-hydrogen) atoms. The van der Waals surface area contributed by atoms with Gasteiger partial charge < -0.3 is 9.55 Å². The first-order chi connectivity index (χ1) is 7.68. The van der Waals surface area contributed by atoms with Crippen LogP contribution in [0.1, 0.15) is 31.4 Å². The molecule has 3 heteroatoms. The zero-order valence-electron chi connectivity index (χ0n) is 9.66. The molecule has 1 aliphatic carbocycles. The number of hydrogen-bond acceptors (Lipinski definition) is 1. The van der Waals surface area contributed by atoms with Crippen LogP contribution in [-0.2, 0) is 0 Å². The third kappa shape index (κ3) is 1.42. The average Bonchev–Trinajstić information content (AvgIpc) is 3.01. The summed E-state index contributed by atoms with van der Waals surface area (Å²) in [7, 11) is 0. The van der Waals surface area contributed by atoms with Gasteiger partial charge in [0.1, 0.15) is 0 Å². The molecule has 0 bridgehead atoms. The van der Waals surface area contributed by atoms with E-state index < -0.39 is 0 Å². The topological polar surface area (TPSA) is 20.7 Å². The highest BCUT2D eigenvalue weighted by molar-refractivity contribution is 7.71. The number of hydrogen-bond donors (Lipinski definition) is 1. The van der Waals surface area contributed by atoms with E-state index in [0.29, 0.717) is 6.04 Å². The van der Waals surface area contributed by atoms with Crippen molar-refractivity contribution in [3.8, 4) is 0 Å². The van der Waals surface area contributed by atoms with Gasteiger partial charge in [-0.05, 0) is 56.5 Å². The molecule has 1 atom stereocenters. The molecule has 2 aromatic rings. The van der Waals surface area contributed by atoms with Gasteiger partial charge in [-0.2, -0.15) is 0 Å². The second-order valence-corrected chi connectivity index (χ2v) is 5.24. The van der Waals surface area contributed by atoms with Crippen molar-refractivity contribution in [1.29, 1.82) is 0 Å². The monoisotopic (exact) mass is 232 g/mol. The molecule has 1 N–H and O–H groups in total. The highest BCUT2D eigenvalue weighted by atomic mass is 32.1. The summed E-state index contributed by atoms with van der Waals surface area (Å²) < 4.78 is 3.17. The molecular weight excluding hydrogens is 216 g/mol. The van der Waals surface area contributed by atoms with Crippen LogP contribution in [0.3, 0.4) is 0 Å². The summed E-state index contributed by atoms with van der Waals surface area (Å²) in [5, 5.41) is 0. The van der Waals surface area contributed by atoms with Crippen LogP contribution in [0.4, 0.5) is 0 Å². The standard InChI is InChI=1S/C13H16N2S/c1-8-4-3-5-11-12(8)15(13(16)14-11)9(2)10-6-7-10/h3-5,9-10H,6-7H2,1-2H3,(H,14,16). The molecule has 1 unspecified atom stereocenters. The summed E-state index contributed by atoms with van der Waals surface area (Å²) in [4.78, 5) is 3.31. The maximum Gasteiger partial charge on any atom is 0.178 e. The van der Waals surface area contributed by atoms with Gasteiger partial charge in [0.15, 0.2) is 4.77 Å². The van der Waals surface area contributed by atoms with E-state index in [9.17, 15) is 0 Å². The minimum Gasteiger partial charge on any atom is -0.331 e. The highest BCUT2D eigenvalue weighted by Crippen LogP contribution is 2.41. The summed E-state index contributed by atoms with van der Waals surface area (Å²) >= 11 is 5.44. The van der Waals surface area contributed by atoms with E-state index >= 15 is 0 Å². The Balaban J connectivity index is 2.29. The van der Waals surface area contributed by atoms with Gasteiger partial charge in [-0.25, -0.2) is 0 Å². The summed E-state index contributed by atoms with van der Waals surface area (Å²) in [5.41, 5.74) is 3.75. The van der Waals surface area contributed by atoms with E-state index in [4.69, 9.17) is 12.2 Å². The number of imidazole rings is 1. The molecule has 0 spiro atoms. The number of H-pyrrole nitrogens is 1. The van der Waals surface area contributed by atoms with Crippen LogP contribution < -0.4 is 0 Å². The lowest BCUT2D eigenvalue weighted by Crippen LogP contribution is -2.07. The fourth-order valence-corrected chi connectivity index (χ4v) is 2.90. The number of aryl methyl sites for hydroxylation is 1. The molecule has 0 aliphatic heterocycles. The van der Waals surface area contributed by atoms with Crippen molar-refractivity contribution in [2.24, 2.45) is 5.92 Å². The van der Waals surface area contributed by atoms with Crippen LogP contribution in [0.5, 0.6) is 0 Å². The molecule has 1 aromatic carbocycles. The fraction of sp³-hybridized carbons (Fsp3) is 0.462. The number of rotatable bonds is 2. The second kappa shape index (κ2) is 3.45. The fourth-order valence-electron chi connectivity index (χ4n) is 2.53. The van der Waals surface area contributed by atoms with Gasteiger partial charge in [0.2, 0.25) is 0 Å². The van der Waals surface area contributed by atoms with Gasteiger partial charge in [-0.1, -0.05) is 12.1 Å². The SMILES string of the molecule is Cc1cccc2[nH]c(=S)n(C(C)C3CC3)c12. The molecule has 0 amide bonds. The van der Waals surface area contributed by atoms with Crippen molar-refractivity contribution in [2.75, 3.05) is 0 Å². The number of para-hydroxylation sites is 1. The Labute approximate surface area is 100 Å². The third-order valence-corrected chi connectivity index (χ3v) is 3.95. The van der Waals surface area contributed by atoms with Gasteiger partial charge in [0.05, 0.1) is 11.0 Å². The summed E-state index contributed by atoms with van der Waals surface area (Å²) in [6.45, 7) is 4.44. The molecule has 0 radical (unpaired) electrons. The summed E-state index contributed by atoms with van der Waals surface area (Å²) in [6, 6.07) is 6.87. The first kappa shape index (κ1) is 10.1. The van der Waals surface area contributed by atoms with Gasteiger partial charge in [0, 0.05) is 6.04 Å². The van der Waals surface area contributed by atoms with Gasteiger partial charge >= 0.3 is 0 Å². The van der Waals surface area contributed by atoms with Crippen molar-refractivity contribution in [2.45, 2.75) is 32.7 Å². The normalized spacial score (nSPS) is 17.9. The lowest BCUT2D eigenvalue weighted by Gasteiger charge is -2.14. The number of aromatic nitrogens is 2. The highest BCUT2D eigenvalue weighted by Gasteiger charge is 2.30. The predicted molar refractivity (Wildman–Crippen MR) is 69.3 cm³/mol. The first-order valence-electron chi connectivity index (χ1n) is 5.88. The third-order valence-electron chi connectivity index (χ3n) is 3.65. The summed E-state index contributed by atoms with van der Waals surface area (Å²) in [5.74, 6) is 0.824. The van der Waals surface area contributed by atoms with Crippen LogP contribution in [0, 0.1) is 17.6 Å². The van der Waals surface area contributed by atoms with E-state index in [1.165, 1.54) is 23.9 Å². The molecule has 2 nitrogen and oxygen atoms in total. The largest absolute Gasteiger partial charge is 0.331 e. The molecule has 3 rings (SSSR count). The Morgan fingerprint density at radius 3 is 2.88 bits per heavy atom. The Hall–Kier alpha value is -1.09. The van der Waals surface area contributed by atoms with Crippen LogP contribution >= 0.6 is 12.2 Å². The van der Waals surface area contributed by atoms with E-state index in [0.717, 1.165) is 16.2 Å². The molecule has 1 saturated carbocycles. The minimum absolute atomic E-state index is 0.530. The van der Waals surface area contributed by atoms with Crippen molar-refractivity contribution in [3.63, 3.8) is 0 Å². The van der Waals surface area contributed by atoms with Gasteiger partial charge in [-0.3, -0.25) is 0 Å².